The molecule has 0 radical (unpaired) electrons. The number of hydrogen-bond acceptors (Lipinski definition) is 1. The number of nitrogens with zero attached hydrogens (tertiary/aromatic N) is 1. The second kappa shape index (κ2) is 3.35. The molecule has 0 aromatic carbocycles. The summed E-state index contributed by atoms with van der Waals surface area (Å²) in [6, 6.07) is 0. The molecule has 1 aliphatic heterocycles. The topological polar surface area (TPSA) is 20.2 Å². The number of hydrogen-bond donors (Lipinski definition) is 1. The lowest BCUT2D eigenvalue weighted by Gasteiger charge is -2.45. The van der Waals surface area contributed by atoms with Gasteiger partial charge in [0, 0.05) is 12.8 Å². The van der Waals surface area contributed by atoms with Gasteiger partial charge in [-0.1, -0.05) is 0 Å². The maximum Gasteiger partial charge on any atom is 0.103 e. The van der Waals surface area contributed by atoms with E-state index in [-0.39, 0.29) is 0 Å². The Kier molecular flexibility index (Phi) is 2.79. The predicted octanol–water partition coefficient (Wildman–Crippen LogP) is 1.39. The minimum atomic E-state index is 0.305. The van der Waals surface area contributed by atoms with Gasteiger partial charge in [-0.25, -0.2) is 0 Å². The number of aliphatic hydroxyl groups excluding tert-OH is 1. The van der Waals surface area contributed by atoms with Crippen molar-refractivity contribution in [2.45, 2.75) is 39.2 Å². The summed E-state index contributed by atoms with van der Waals surface area (Å²) in [6.45, 7) is 10.6. The molecule has 1 rings (SSSR count). The highest BCUT2D eigenvalue weighted by Gasteiger charge is 2.41. The van der Waals surface area contributed by atoms with Crippen LogP contribution in [0.4, 0.5) is 0 Å². The average molecular weight is 172 g/mol. The summed E-state index contributed by atoms with van der Waals surface area (Å²) in [4.78, 5) is 0. The molecule has 1 N–H and O–H groups in total. The highest BCUT2D eigenvalue weighted by atomic mass is 16.3. The van der Waals surface area contributed by atoms with Crippen LogP contribution in [0, 0.1) is 0 Å². The average Bonchev–Trinajstić information content (AvgIpc) is 2.36. The number of likely N-dealkylation sites (tertiary alicyclic amines) is 1. The van der Waals surface area contributed by atoms with Gasteiger partial charge < -0.3 is 9.59 Å². The van der Waals surface area contributed by atoms with Gasteiger partial charge in [-0.3, -0.25) is 0 Å². The minimum Gasteiger partial charge on any atom is -0.391 e. The van der Waals surface area contributed by atoms with E-state index < -0.39 is 0 Å². The van der Waals surface area contributed by atoms with E-state index in [0.717, 1.165) is 11.0 Å². The van der Waals surface area contributed by atoms with Crippen molar-refractivity contribution in [3.05, 3.63) is 0 Å². The third-order valence-corrected chi connectivity index (χ3v) is 3.37. The van der Waals surface area contributed by atoms with E-state index in [0.29, 0.717) is 12.1 Å². The highest BCUT2D eigenvalue weighted by Crippen LogP contribution is 2.30. The van der Waals surface area contributed by atoms with E-state index in [1.165, 1.54) is 25.9 Å². The van der Waals surface area contributed by atoms with E-state index in [1.807, 2.05) is 0 Å². The van der Waals surface area contributed by atoms with E-state index in [1.54, 1.807) is 0 Å². The van der Waals surface area contributed by atoms with Crippen LogP contribution in [0.25, 0.3) is 0 Å². The Morgan fingerprint density at radius 3 is 2.00 bits per heavy atom. The number of quaternary nitrogens is 1. The van der Waals surface area contributed by atoms with Gasteiger partial charge >= 0.3 is 0 Å². The molecule has 1 fully saturated rings. The van der Waals surface area contributed by atoms with Crippen molar-refractivity contribution in [2.24, 2.45) is 0 Å². The maximum absolute atomic E-state index is 9.04. The van der Waals surface area contributed by atoms with Crippen molar-refractivity contribution in [3.8, 4) is 0 Å². The van der Waals surface area contributed by atoms with Gasteiger partial charge in [0.25, 0.3) is 0 Å². The fourth-order valence-corrected chi connectivity index (χ4v) is 2.36. The Bertz CT molecular complexity index is 142. The fourth-order valence-electron chi connectivity index (χ4n) is 2.36. The molecule has 0 aromatic heterocycles. The van der Waals surface area contributed by atoms with E-state index >= 15 is 0 Å². The van der Waals surface area contributed by atoms with Gasteiger partial charge in [-0.15, -0.1) is 0 Å². The molecule has 0 spiro atoms. The summed E-state index contributed by atoms with van der Waals surface area (Å²) in [6.07, 6.45) is 2.66. The van der Waals surface area contributed by atoms with Crippen LogP contribution < -0.4 is 0 Å². The van der Waals surface area contributed by atoms with Crippen LogP contribution in [0.15, 0.2) is 0 Å². The predicted molar refractivity (Wildman–Crippen MR) is 50.9 cm³/mol. The number of rotatable bonds is 2. The molecule has 1 aliphatic rings. The normalized spacial score (nSPS) is 23.0. The van der Waals surface area contributed by atoms with Crippen molar-refractivity contribution in [2.75, 3.05) is 26.2 Å². The quantitative estimate of drug-likeness (QED) is 0.624. The summed E-state index contributed by atoms with van der Waals surface area (Å²) in [7, 11) is 0. The first-order chi connectivity index (χ1) is 5.52. The van der Waals surface area contributed by atoms with Gasteiger partial charge in [0.15, 0.2) is 0 Å². The molecule has 0 bridgehead atoms. The Balaban J connectivity index is 2.72. The molecule has 0 amide bonds. The molecule has 12 heavy (non-hydrogen) atoms. The van der Waals surface area contributed by atoms with Crippen LogP contribution in [0.2, 0.25) is 0 Å². The van der Waals surface area contributed by atoms with Crippen molar-refractivity contribution >= 4 is 0 Å². The van der Waals surface area contributed by atoms with E-state index in [2.05, 4.69) is 20.8 Å². The smallest absolute Gasteiger partial charge is 0.103 e. The second-order valence-corrected chi connectivity index (χ2v) is 4.92. The zero-order chi connectivity index (χ0) is 9.24. The van der Waals surface area contributed by atoms with Crippen LogP contribution in [0.1, 0.15) is 33.6 Å². The number of aliphatic hydroxyl groups is 1. The monoisotopic (exact) mass is 172 g/mol. The van der Waals surface area contributed by atoms with Gasteiger partial charge in [0.1, 0.15) is 6.54 Å². The molecule has 2 heteroatoms. The standard InChI is InChI=1S/C10H22NO/c1-10(2,3)11(8-9-12)6-4-5-7-11/h12H,4-9H2,1-3H3/q+1. The van der Waals surface area contributed by atoms with E-state index in [9.17, 15) is 0 Å². The molecule has 0 aliphatic carbocycles. The molecular weight excluding hydrogens is 150 g/mol. The molecule has 0 atom stereocenters. The van der Waals surface area contributed by atoms with Crippen LogP contribution >= 0.6 is 0 Å². The SMILES string of the molecule is CC(C)(C)[N+]1(CCO)CCCC1. The third-order valence-electron chi connectivity index (χ3n) is 3.37. The Labute approximate surface area is 75.8 Å². The highest BCUT2D eigenvalue weighted by molar-refractivity contribution is 4.68. The van der Waals surface area contributed by atoms with Crippen LogP contribution in [0.5, 0.6) is 0 Å². The Morgan fingerprint density at radius 1 is 1.17 bits per heavy atom. The molecular formula is C10H22NO+. The molecule has 1 saturated heterocycles. The lowest BCUT2D eigenvalue weighted by molar-refractivity contribution is -0.960. The maximum atomic E-state index is 9.04. The summed E-state index contributed by atoms with van der Waals surface area (Å²) >= 11 is 0. The summed E-state index contributed by atoms with van der Waals surface area (Å²) in [5.41, 5.74) is 0.305. The van der Waals surface area contributed by atoms with Crippen LogP contribution in [-0.4, -0.2) is 41.4 Å². The van der Waals surface area contributed by atoms with Gasteiger partial charge in [-0.2, -0.15) is 0 Å². The minimum absolute atomic E-state index is 0.305. The first-order valence-corrected chi connectivity index (χ1v) is 4.99. The first kappa shape index (κ1) is 10.0. The molecule has 72 valence electrons. The van der Waals surface area contributed by atoms with E-state index in [4.69, 9.17) is 5.11 Å². The largest absolute Gasteiger partial charge is 0.391 e. The van der Waals surface area contributed by atoms with Gasteiger partial charge in [-0.05, 0) is 20.8 Å². The van der Waals surface area contributed by atoms with Crippen molar-refractivity contribution < 1.29 is 9.59 Å². The summed E-state index contributed by atoms with van der Waals surface area (Å²) in [5, 5.41) is 9.04. The summed E-state index contributed by atoms with van der Waals surface area (Å²) in [5.74, 6) is 0. The third kappa shape index (κ3) is 1.64. The van der Waals surface area contributed by atoms with Gasteiger partial charge in [0.2, 0.25) is 0 Å². The Morgan fingerprint density at radius 2 is 1.67 bits per heavy atom. The zero-order valence-electron chi connectivity index (χ0n) is 8.64. The molecule has 0 saturated carbocycles. The van der Waals surface area contributed by atoms with Gasteiger partial charge in [0.05, 0.1) is 25.2 Å². The molecule has 0 unspecified atom stereocenters. The molecule has 1 heterocycles. The van der Waals surface area contributed by atoms with Crippen LogP contribution in [0.3, 0.4) is 0 Å². The van der Waals surface area contributed by atoms with Crippen molar-refractivity contribution in [3.63, 3.8) is 0 Å². The second-order valence-electron chi connectivity index (χ2n) is 4.92. The fraction of sp³-hybridized carbons (Fsp3) is 1.00. The lowest BCUT2D eigenvalue weighted by Crippen LogP contribution is -2.59. The Hall–Kier alpha value is -0.0800. The molecule has 2 nitrogen and oxygen atoms in total. The lowest BCUT2D eigenvalue weighted by atomic mass is 10.0. The zero-order valence-corrected chi connectivity index (χ0v) is 8.64. The first-order valence-electron chi connectivity index (χ1n) is 4.99. The van der Waals surface area contributed by atoms with Crippen molar-refractivity contribution in [1.29, 1.82) is 0 Å². The van der Waals surface area contributed by atoms with Crippen molar-refractivity contribution in [1.82, 2.24) is 0 Å². The molecule has 0 aromatic rings. The summed E-state index contributed by atoms with van der Waals surface area (Å²) < 4.78 is 1.11. The van der Waals surface area contributed by atoms with Crippen LogP contribution in [-0.2, 0) is 0 Å².